The van der Waals surface area contributed by atoms with E-state index in [2.05, 4.69) is 10.0 Å². The molecule has 1 amide bonds. The monoisotopic (exact) mass is 374 g/mol. The normalized spacial score (nSPS) is 21.3. The average molecular weight is 374 g/mol. The lowest BCUT2D eigenvalue weighted by Crippen LogP contribution is -2.35. The number of carbonyl (C=O) groups excluding carboxylic acids is 1. The Bertz CT molecular complexity index is 801. The Labute approximate surface area is 142 Å². The van der Waals surface area contributed by atoms with Gasteiger partial charge in [0.1, 0.15) is 0 Å². The summed E-state index contributed by atoms with van der Waals surface area (Å²) in [6.45, 7) is 3.84. The highest BCUT2D eigenvalue weighted by Gasteiger charge is 2.31. The van der Waals surface area contributed by atoms with E-state index < -0.39 is 25.9 Å². The van der Waals surface area contributed by atoms with Crippen molar-refractivity contribution >= 4 is 25.8 Å². The Morgan fingerprint density at radius 1 is 1.29 bits per heavy atom. The second-order valence-electron chi connectivity index (χ2n) is 6.03. The molecule has 0 saturated carbocycles. The van der Waals surface area contributed by atoms with E-state index in [1.165, 1.54) is 24.3 Å². The molecule has 24 heavy (non-hydrogen) atoms. The first-order chi connectivity index (χ1) is 11.1. The Kier molecular flexibility index (Phi) is 5.67. The summed E-state index contributed by atoms with van der Waals surface area (Å²) in [6, 6.07) is 5.00. The second-order valence-corrected chi connectivity index (χ2v) is 9.97. The number of carbonyl (C=O) groups is 1. The largest absolute Gasteiger partial charge is 0.350 e. The molecule has 0 spiro atoms. The number of hydrogen-bond acceptors (Lipinski definition) is 5. The van der Waals surface area contributed by atoms with Crippen molar-refractivity contribution < 1.29 is 21.6 Å². The van der Waals surface area contributed by atoms with E-state index >= 15 is 0 Å². The predicted octanol–water partition coefficient (Wildman–Crippen LogP) is 0.680. The summed E-state index contributed by atoms with van der Waals surface area (Å²) in [4.78, 5) is 12.0. The van der Waals surface area contributed by atoms with Crippen LogP contribution in [0.2, 0.25) is 0 Å². The van der Waals surface area contributed by atoms with E-state index in [1.807, 2.05) is 13.8 Å². The molecule has 1 aliphatic rings. The zero-order chi connectivity index (χ0) is 18.0. The molecule has 2 unspecified atom stereocenters. The van der Waals surface area contributed by atoms with Crippen molar-refractivity contribution in [1.82, 2.24) is 10.0 Å². The van der Waals surface area contributed by atoms with Gasteiger partial charge in [-0.25, -0.2) is 21.6 Å². The van der Waals surface area contributed by atoms with Crippen molar-refractivity contribution in [3.63, 3.8) is 0 Å². The lowest BCUT2D eigenvalue weighted by molar-refractivity contribution is 0.0939. The van der Waals surface area contributed by atoms with Crippen molar-refractivity contribution in [2.75, 3.05) is 11.5 Å². The second kappa shape index (κ2) is 7.20. The standard InChI is InChI=1S/C15H22N2O5S2/c1-3-11(2)16-15(18)12-4-6-14(7-5-12)24(21,22)17-13-8-9-23(19,20)10-13/h4-7,11,13,17H,3,8-10H2,1-2H3,(H,16,18). The molecule has 2 atom stereocenters. The van der Waals surface area contributed by atoms with Crippen LogP contribution in [-0.2, 0) is 19.9 Å². The molecule has 0 bridgehead atoms. The van der Waals surface area contributed by atoms with Crippen LogP contribution in [0, 0.1) is 0 Å². The van der Waals surface area contributed by atoms with Crippen molar-refractivity contribution in [2.24, 2.45) is 0 Å². The van der Waals surface area contributed by atoms with Gasteiger partial charge in [0.2, 0.25) is 10.0 Å². The Morgan fingerprint density at radius 2 is 1.92 bits per heavy atom. The fraction of sp³-hybridized carbons (Fsp3) is 0.533. The number of sulfonamides is 1. The topological polar surface area (TPSA) is 109 Å². The summed E-state index contributed by atoms with van der Waals surface area (Å²) in [6.07, 6.45) is 1.07. The van der Waals surface area contributed by atoms with Crippen LogP contribution in [0.5, 0.6) is 0 Å². The lowest BCUT2D eigenvalue weighted by atomic mass is 10.2. The molecule has 7 nitrogen and oxygen atoms in total. The smallest absolute Gasteiger partial charge is 0.251 e. The third-order valence-corrected chi connectivity index (χ3v) is 7.28. The van der Waals surface area contributed by atoms with E-state index in [9.17, 15) is 21.6 Å². The SMILES string of the molecule is CCC(C)NC(=O)c1ccc(S(=O)(=O)NC2CCS(=O)(=O)C2)cc1. The molecule has 9 heteroatoms. The van der Waals surface area contributed by atoms with Gasteiger partial charge in [-0.05, 0) is 44.0 Å². The summed E-state index contributed by atoms with van der Waals surface area (Å²) < 4.78 is 49.8. The molecular weight excluding hydrogens is 352 g/mol. The maximum absolute atomic E-state index is 12.3. The molecule has 0 aromatic heterocycles. The molecule has 1 fully saturated rings. The number of benzene rings is 1. The van der Waals surface area contributed by atoms with Crippen LogP contribution in [0.15, 0.2) is 29.2 Å². The third kappa shape index (κ3) is 4.78. The van der Waals surface area contributed by atoms with Gasteiger partial charge in [0.25, 0.3) is 5.91 Å². The first-order valence-electron chi connectivity index (χ1n) is 7.76. The maximum atomic E-state index is 12.3. The first kappa shape index (κ1) is 18.9. The van der Waals surface area contributed by atoms with Gasteiger partial charge in [-0.15, -0.1) is 0 Å². The van der Waals surface area contributed by atoms with Gasteiger partial charge in [0.05, 0.1) is 16.4 Å². The van der Waals surface area contributed by atoms with E-state index in [-0.39, 0.29) is 34.8 Å². The maximum Gasteiger partial charge on any atom is 0.251 e. The van der Waals surface area contributed by atoms with Crippen molar-refractivity contribution in [2.45, 2.75) is 43.7 Å². The van der Waals surface area contributed by atoms with Crippen molar-refractivity contribution in [1.29, 1.82) is 0 Å². The summed E-state index contributed by atoms with van der Waals surface area (Å²) >= 11 is 0. The molecule has 2 rings (SSSR count). The zero-order valence-electron chi connectivity index (χ0n) is 13.7. The van der Waals surface area contributed by atoms with Gasteiger partial charge in [0, 0.05) is 17.6 Å². The summed E-state index contributed by atoms with van der Waals surface area (Å²) in [5.41, 5.74) is 0.373. The highest BCUT2D eigenvalue weighted by atomic mass is 32.2. The fourth-order valence-corrected chi connectivity index (χ4v) is 5.42. The van der Waals surface area contributed by atoms with Crippen LogP contribution in [0.3, 0.4) is 0 Å². The molecule has 134 valence electrons. The van der Waals surface area contributed by atoms with Gasteiger partial charge < -0.3 is 5.32 Å². The van der Waals surface area contributed by atoms with E-state index in [0.717, 1.165) is 6.42 Å². The number of hydrogen-bond donors (Lipinski definition) is 2. The lowest BCUT2D eigenvalue weighted by Gasteiger charge is -2.13. The Balaban J connectivity index is 2.08. The van der Waals surface area contributed by atoms with E-state index in [1.54, 1.807) is 0 Å². The van der Waals surface area contributed by atoms with Crippen LogP contribution in [0.25, 0.3) is 0 Å². The number of nitrogens with one attached hydrogen (secondary N) is 2. The highest BCUT2D eigenvalue weighted by Crippen LogP contribution is 2.16. The molecule has 0 radical (unpaired) electrons. The minimum Gasteiger partial charge on any atom is -0.350 e. The first-order valence-corrected chi connectivity index (χ1v) is 11.1. The van der Waals surface area contributed by atoms with Crippen molar-refractivity contribution in [3.8, 4) is 0 Å². The molecule has 0 aliphatic carbocycles. The van der Waals surface area contributed by atoms with Gasteiger partial charge in [-0.1, -0.05) is 6.92 Å². The zero-order valence-corrected chi connectivity index (χ0v) is 15.3. The fourth-order valence-electron chi connectivity index (χ4n) is 2.37. The molecular formula is C15H22N2O5S2. The van der Waals surface area contributed by atoms with Gasteiger partial charge in [-0.2, -0.15) is 0 Å². The summed E-state index contributed by atoms with van der Waals surface area (Å²) in [5, 5.41) is 2.80. The third-order valence-electron chi connectivity index (χ3n) is 3.97. The Hall–Kier alpha value is -1.45. The summed E-state index contributed by atoms with van der Waals surface area (Å²) in [7, 11) is -6.97. The summed E-state index contributed by atoms with van der Waals surface area (Å²) in [5.74, 6) is -0.445. The molecule has 1 heterocycles. The van der Waals surface area contributed by atoms with Crippen LogP contribution in [0.1, 0.15) is 37.0 Å². The molecule has 1 aliphatic heterocycles. The highest BCUT2D eigenvalue weighted by molar-refractivity contribution is 7.92. The quantitative estimate of drug-likeness (QED) is 0.761. The van der Waals surface area contributed by atoms with Gasteiger partial charge in [-0.3, -0.25) is 4.79 Å². The van der Waals surface area contributed by atoms with Crippen LogP contribution in [-0.4, -0.2) is 46.3 Å². The Morgan fingerprint density at radius 3 is 2.42 bits per heavy atom. The molecule has 1 aromatic rings. The van der Waals surface area contributed by atoms with E-state index in [4.69, 9.17) is 0 Å². The molecule has 2 N–H and O–H groups in total. The number of rotatable bonds is 6. The van der Waals surface area contributed by atoms with E-state index in [0.29, 0.717) is 5.56 Å². The molecule has 1 saturated heterocycles. The van der Waals surface area contributed by atoms with Gasteiger partial charge in [0.15, 0.2) is 9.84 Å². The van der Waals surface area contributed by atoms with Crippen molar-refractivity contribution in [3.05, 3.63) is 29.8 Å². The predicted molar refractivity (Wildman–Crippen MR) is 91.0 cm³/mol. The van der Waals surface area contributed by atoms with Crippen LogP contribution < -0.4 is 10.0 Å². The minimum absolute atomic E-state index is 0.00505. The van der Waals surface area contributed by atoms with Crippen LogP contribution in [0.4, 0.5) is 0 Å². The minimum atomic E-state index is -3.81. The van der Waals surface area contributed by atoms with Crippen LogP contribution >= 0.6 is 0 Å². The molecule has 1 aromatic carbocycles. The van der Waals surface area contributed by atoms with Gasteiger partial charge >= 0.3 is 0 Å². The average Bonchev–Trinajstić information content (AvgIpc) is 2.85. The number of amides is 1. The number of sulfone groups is 1.